The minimum absolute atomic E-state index is 0.186. The number of hydrogen-bond acceptors (Lipinski definition) is 6. The molecule has 0 spiro atoms. The van der Waals surface area contributed by atoms with Gasteiger partial charge in [-0.25, -0.2) is 9.59 Å². The molecule has 3 aromatic rings. The molecule has 0 aliphatic carbocycles. The minimum Gasteiger partial charge on any atom is -0.463 e. The van der Waals surface area contributed by atoms with Crippen molar-refractivity contribution in [3.63, 3.8) is 0 Å². The Morgan fingerprint density at radius 1 is 1.06 bits per heavy atom. The number of aromatic nitrogens is 3. The molecule has 0 amide bonds. The molecular weight excluding hydrogens is 396 g/mol. The molecule has 1 atom stereocenters. The highest BCUT2D eigenvalue weighted by Gasteiger charge is 2.38. The van der Waals surface area contributed by atoms with E-state index in [0.717, 1.165) is 10.1 Å². The topological polar surface area (TPSA) is 95.2 Å². The second-order valence-electron chi connectivity index (χ2n) is 7.18. The Bertz CT molecular complexity index is 1290. The number of rotatable bonds is 4. The molecule has 1 unspecified atom stereocenters. The number of hydrogen-bond donors (Lipinski definition) is 1. The van der Waals surface area contributed by atoms with Gasteiger partial charge in [-0.15, -0.1) is 0 Å². The Morgan fingerprint density at radius 3 is 2.39 bits per heavy atom. The van der Waals surface area contributed by atoms with Crippen LogP contribution in [0.15, 0.2) is 70.0 Å². The summed E-state index contributed by atoms with van der Waals surface area (Å²) in [5, 5.41) is 3.19. The molecule has 4 rings (SSSR count). The number of nitrogens with one attached hydrogen (secondary N) is 1. The van der Waals surface area contributed by atoms with Gasteiger partial charge in [0.1, 0.15) is 5.82 Å². The Kier molecular flexibility index (Phi) is 5.29. The molecule has 31 heavy (non-hydrogen) atoms. The van der Waals surface area contributed by atoms with E-state index in [4.69, 9.17) is 4.74 Å². The van der Waals surface area contributed by atoms with Gasteiger partial charge >= 0.3 is 11.7 Å². The second kappa shape index (κ2) is 8.06. The minimum atomic E-state index is -0.737. The third-order valence-corrected chi connectivity index (χ3v) is 5.39. The standard InChI is InChI=1S/C23H22N4O4/c1-4-31-22(29)17-16(14-10-12-24-13-11-14)18-20(26(2)23(30)27(3)21(18)28)25-19(17)15-8-6-5-7-9-15/h5-13,16,25H,4H2,1-3H3. The summed E-state index contributed by atoms with van der Waals surface area (Å²) in [5.74, 6) is -0.918. The van der Waals surface area contributed by atoms with Crippen LogP contribution in [0.2, 0.25) is 0 Å². The number of anilines is 1. The van der Waals surface area contributed by atoms with Crippen LogP contribution in [-0.2, 0) is 23.6 Å². The maximum absolute atomic E-state index is 13.3. The summed E-state index contributed by atoms with van der Waals surface area (Å²) in [5.41, 5.74) is 1.61. The van der Waals surface area contributed by atoms with Gasteiger partial charge in [-0.2, -0.15) is 0 Å². The van der Waals surface area contributed by atoms with Crippen LogP contribution in [0, 0.1) is 0 Å². The highest BCUT2D eigenvalue weighted by Crippen LogP contribution is 2.42. The van der Waals surface area contributed by atoms with E-state index in [-0.39, 0.29) is 6.61 Å². The van der Waals surface area contributed by atoms with Crippen molar-refractivity contribution in [2.45, 2.75) is 12.8 Å². The zero-order valence-electron chi connectivity index (χ0n) is 17.5. The fourth-order valence-electron chi connectivity index (χ4n) is 3.91. The van der Waals surface area contributed by atoms with Crippen molar-refractivity contribution in [2.24, 2.45) is 14.1 Å². The van der Waals surface area contributed by atoms with Gasteiger partial charge in [0.15, 0.2) is 0 Å². The number of nitrogens with zero attached hydrogens (tertiary/aromatic N) is 3. The summed E-state index contributed by atoms with van der Waals surface area (Å²) in [6.45, 7) is 1.92. The van der Waals surface area contributed by atoms with Gasteiger partial charge in [-0.05, 0) is 30.2 Å². The molecule has 0 radical (unpaired) electrons. The van der Waals surface area contributed by atoms with Crippen molar-refractivity contribution in [3.8, 4) is 0 Å². The number of pyridine rings is 1. The van der Waals surface area contributed by atoms with E-state index in [0.29, 0.717) is 28.2 Å². The molecule has 8 heteroatoms. The van der Waals surface area contributed by atoms with Crippen molar-refractivity contribution >= 4 is 17.5 Å². The molecule has 8 nitrogen and oxygen atoms in total. The van der Waals surface area contributed by atoms with E-state index >= 15 is 0 Å². The molecular formula is C23H22N4O4. The number of benzene rings is 1. The van der Waals surface area contributed by atoms with Crippen LogP contribution in [0.4, 0.5) is 5.82 Å². The molecule has 1 aliphatic heterocycles. The highest BCUT2D eigenvalue weighted by atomic mass is 16.5. The van der Waals surface area contributed by atoms with Gasteiger partial charge in [0.2, 0.25) is 0 Å². The lowest BCUT2D eigenvalue weighted by atomic mass is 9.81. The van der Waals surface area contributed by atoms with E-state index in [1.807, 2.05) is 30.3 Å². The van der Waals surface area contributed by atoms with Gasteiger partial charge in [0.25, 0.3) is 5.56 Å². The lowest BCUT2D eigenvalue weighted by molar-refractivity contribution is -0.138. The van der Waals surface area contributed by atoms with Crippen LogP contribution in [0.3, 0.4) is 0 Å². The first-order chi connectivity index (χ1) is 15.0. The first kappa shape index (κ1) is 20.3. The van der Waals surface area contributed by atoms with Crippen molar-refractivity contribution < 1.29 is 9.53 Å². The predicted molar refractivity (Wildman–Crippen MR) is 117 cm³/mol. The van der Waals surface area contributed by atoms with Gasteiger partial charge in [-0.3, -0.25) is 18.9 Å². The van der Waals surface area contributed by atoms with Gasteiger partial charge in [0, 0.05) is 26.5 Å². The van der Waals surface area contributed by atoms with E-state index < -0.39 is 23.1 Å². The Balaban J connectivity index is 2.13. The third-order valence-electron chi connectivity index (χ3n) is 5.39. The van der Waals surface area contributed by atoms with Crippen LogP contribution < -0.4 is 16.6 Å². The monoisotopic (exact) mass is 418 g/mol. The molecule has 0 saturated heterocycles. The molecule has 1 aliphatic rings. The smallest absolute Gasteiger partial charge is 0.337 e. The fraction of sp³-hybridized carbons (Fsp3) is 0.217. The fourth-order valence-corrected chi connectivity index (χ4v) is 3.91. The summed E-state index contributed by atoms with van der Waals surface area (Å²) >= 11 is 0. The van der Waals surface area contributed by atoms with Crippen LogP contribution in [0.25, 0.3) is 5.70 Å². The zero-order chi connectivity index (χ0) is 22.1. The number of carbonyl (C=O) groups excluding carboxylic acids is 1. The van der Waals surface area contributed by atoms with Crippen LogP contribution in [0.5, 0.6) is 0 Å². The molecule has 0 saturated carbocycles. The summed E-state index contributed by atoms with van der Waals surface area (Å²) in [7, 11) is 3.02. The van der Waals surface area contributed by atoms with Crippen molar-refractivity contribution in [3.05, 3.63) is 98.0 Å². The van der Waals surface area contributed by atoms with Crippen LogP contribution >= 0.6 is 0 Å². The SMILES string of the molecule is CCOC(=O)C1=C(c2ccccc2)Nc2c(c(=O)n(C)c(=O)n2C)C1c1ccncc1. The quantitative estimate of drug-likeness (QED) is 0.652. The van der Waals surface area contributed by atoms with Gasteiger partial charge in [0.05, 0.1) is 29.4 Å². The Morgan fingerprint density at radius 2 is 1.74 bits per heavy atom. The zero-order valence-corrected chi connectivity index (χ0v) is 17.5. The Hall–Kier alpha value is -3.94. The molecule has 2 aromatic heterocycles. The lowest BCUT2D eigenvalue weighted by Crippen LogP contribution is -2.43. The average molecular weight is 418 g/mol. The van der Waals surface area contributed by atoms with Crippen molar-refractivity contribution in [2.75, 3.05) is 11.9 Å². The van der Waals surface area contributed by atoms with E-state index in [1.54, 1.807) is 38.5 Å². The maximum atomic E-state index is 13.3. The molecule has 3 heterocycles. The second-order valence-corrected chi connectivity index (χ2v) is 7.18. The first-order valence-corrected chi connectivity index (χ1v) is 9.89. The molecule has 1 N–H and O–H groups in total. The number of esters is 1. The number of ether oxygens (including phenoxy) is 1. The van der Waals surface area contributed by atoms with Gasteiger partial charge < -0.3 is 10.1 Å². The highest BCUT2D eigenvalue weighted by molar-refractivity contribution is 6.04. The normalized spacial score (nSPS) is 15.3. The molecule has 0 fully saturated rings. The summed E-state index contributed by atoms with van der Waals surface area (Å²) < 4.78 is 7.83. The maximum Gasteiger partial charge on any atom is 0.337 e. The average Bonchev–Trinajstić information content (AvgIpc) is 2.81. The largest absolute Gasteiger partial charge is 0.463 e. The van der Waals surface area contributed by atoms with E-state index in [2.05, 4.69) is 10.3 Å². The third kappa shape index (κ3) is 3.35. The molecule has 158 valence electrons. The van der Waals surface area contributed by atoms with E-state index in [9.17, 15) is 14.4 Å². The summed E-state index contributed by atoms with van der Waals surface area (Å²) in [6.07, 6.45) is 3.21. The first-order valence-electron chi connectivity index (χ1n) is 9.89. The summed E-state index contributed by atoms with van der Waals surface area (Å²) in [6, 6.07) is 12.8. The van der Waals surface area contributed by atoms with Crippen LogP contribution in [0.1, 0.15) is 29.5 Å². The lowest BCUT2D eigenvalue weighted by Gasteiger charge is -2.32. The number of carbonyl (C=O) groups is 1. The van der Waals surface area contributed by atoms with Crippen molar-refractivity contribution in [1.29, 1.82) is 0 Å². The van der Waals surface area contributed by atoms with Gasteiger partial charge in [-0.1, -0.05) is 30.3 Å². The Labute approximate surface area is 178 Å². The van der Waals surface area contributed by atoms with E-state index in [1.165, 1.54) is 11.6 Å². The predicted octanol–water partition coefficient (Wildman–Crippen LogP) is 2.01. The van der Waals surface area contributed by atoms with Crippen molar-refractivity contribution in [1.82, 2.24) is 14.1 Å². The molecule has 0 bridgehead atoms. The van der Waals surface area contributed by atoms with Crippen LogP contribution in [-0.4, -0.2) is 26.7 Å². The summed E-state index contributed by atoms with van der Waals surface area (Å²) in [4.78, 5) is 43.2. The number of fused-ring (bicyclic) bond motifs is 1. The molecule has 1 aromatic carbocycles.